The summed E-state index contributed by atoms with van der Waals surface area (Å²) in [5.41, 5.74) is 0. The highest BCUT2D eigenvalue weighted by atomic mass is 16.6. The minimum absolute atomic E-state index is 0.140. The lowest BCUT2D eigenvalue weighted by Crippen LogP contribution is -2.38. The minimum Gasteiger partial charge on any atom is -0.468 e. The van der Waals surface area contributed by atoms with Crippen molar-refractivity contribution in [3.63, 3.8) is 0 Å². The van der Waals surface area contributed by atoms with E-state index in [2.05, 4.69) is 15.3 Å². The highest BCUT2D eigenvalue weighted by molar-refractivity contribution is 5.32. The molecule has 1 fully saturated rings. The predicted octanol–water partition coefficient (Wildman–Crippen LogP) is 0.686. The molecule has 2 heterocycles. The smallest absolute Gasteiger partial charge is 0.234 e. The number of aromatic nitrogens is 2. The van der Waals surface area contributed by atoms with Crippen LogP contribution in [0.4, 0.5) is 5.82 Å². The molecule has 1 aliphatic rings. The van der Waals surface area contributed by atoms with Crippen molar-refractivity contribution in [2.24, 2.45) is 0 Å². The lowest BCUT2D eigenvalue weighted by atomic mass is 10.3. The average Bonchev–Trinajstić information content (AvgIpc) is 2.13. The first-order valence-electron chi connectivity index (χ1n) is 4.69. The SMILES string of the molecule is CCNc1cncc(OC2COC2)n1. The molecule has 1 aliphatic heterocycles. The second kappa shape index (κ2) is 4.23. The zero-order valence-corrected chi connectivity index (χ0v) is 8.06. The summed E-state index contributed by atoms with van der Waals surface area (Å²) in [4.78, 5) is 8.26. The van der Waals surface area contributed by atoms with E-state index in [1.54, 1.807) is 12.4 Å². The van der Waals surface area contributed by atoms with E-state index in [1.165, 1.54) is 0 Å². The van der Waals surface area contributed by atoms with Crippen LogP contribution in [0.5, 0.6) is 5.88 Å². The number of nitrogens with one attached hydrogen (secondary N) is 1. The summed E-state index contributed by atoms with van der Waals surface area (Å²) in [6, 6.07) is 0. The molecule has 0 radical (unpaired) electrons. The number of hydrogen-bond acceptors (Lipinski definition) is 5. The van der Waals surface area contributed by atoms with Crippen molar-refractivity contribution >= 4 is 5.82 Å². The Labute approximate surface area is 82.5 Å². The fraction of sp³-hybridized carbons (Fsp3) is 0.556. The Hall–Kier alpha value is -1.36. The number of rotatable bonds is 4. The molecule has 0 aliphatic carbocycles. The molecule has 0 amide bonds. The highest BCUT2D eigenvalue weighted by Gasteiger charge is 2.20. The summed E-state index contributed by atoms with van der Waals surface area (Å²) in [5, 5.41) is 3.07. The maximum atomic E-state index is 5.50. The van der Waals surface area contributed by atoms with Gasteiger partial charge in [0.2, 0.25) is 5.88 Å². The van der Waals surface area contributed by atoms with Crippen molar-refractivity contribution in [1.29, 1.82) is 0 Å². The molecule has 0 unspecified atom stereocenters. The van der Waals surface area contributed by atoms with Crippen LogP contribution in [0, 0.1) is 0 Å². The maximum Gasteiger partial charge on any atom is 0.234 e. The quantitative estimate of drug-likeness (QED) is 0.765. The third kappa shape index (κ3) is 2.11. The fourth-order valence-electron chi connectivity index (χ4n) is 1.12. The Kier molecular flexibility index (Phi) is 2.78. The van der Waals surface area contributed by atoms with Crippen LogP contribution in [0.1, 0.15) is 6.92 Å². The van der Waals surface area contributed by atoms with Gasteiger partial charge >= 0.3 is 0 Å². The van der Waals surface area contributed by atoms with Crippen LogP contribution in [0.3, 0.4) is 0 Å². The van der Waals surface area contributed by atoms with Crippen LogP contribution in [0.2, 0.25) is 0 Å². The van der Waals surface area contributed by atoms with Gasteiger partial charge in [0.05, 0.1) is 25.6 Å². The number of ether oxygens (including phenoxy) is 2. The van der Waals surface area contributed by atoms with E-state index in [1.807, 2.05) is 6.92 Å². The zero-order chi connectivity index (χ0) is 9.80. The Morgan fingerprint density at radius 2 is 2.43 bits per heavy atom. The molecule has 0 bridgehead atoms. The topological polar surface area (TPSA) is 56.3 Å². The molecule has 0 spiro atoms. The first-order chi connectivity index (χ1) is 6.88. The van der Waals surface area contributed by atoms with Gasteiger partial charge in [-0.3, -0.25) is 4.98 Å². The van der Waals surface area contributed by atoms with Crippen molar-refractivity contribution < 1.29 is 9.47 Å². The molecule has 14 heavy (non-hydrogen) atoms. The second-order valence-electron chi connectivity index (χ2n) is 3.05. The van der Waals surface area contributed by atoms with Crippen LogP contribution in [0.15, 0.2) is 12.4 Å². The molecule has 1 aromatic rings. The summed E-state index contributed by atoms with van der Waals surface area (Å²) in [5.74, 6) is 1.29. The number of nitrogens with zero attached hydrogens (tertiary/aromatic N) is 2. The van der Waals surface area contributed by atoms with Gasteiger partial charge in [-0.25, -0.2) is 0 Å². The second-order valence-corrected chi connectivity index (χ2v) is 3.05. The molecular weight excluding hydrogens is 182 g/mol. The minimum atomic E-state index is 0.140. The molecule has 5 heteroatoms. The Morgan fingerprint density at radius 1 is 1.57 bits per heavy atom. The number of anilines is 1. The zero-order valence-electron chi connectivity index (χ0n) is 8.06. The highest BCUT2D eigenvalue weighted by Crippen LogP contribution is 2.13. The van der Waals surface area contributed by atoms with Crippen LogP contribution in [-0.4, -0.2) is 35.8 Å². The maximum absolute atomic E-state index is 5.50. The first kappa shape index (κ1) is 9.21. The lowest BCUT2D eigenvalue weighted by Gasteiger charge is -2.25. The molecule has 1 saturated heterocycles. The van der Waals surface area contributed by atoms with Gasteiger partial charge in [0.25, 0.3) is 0 Å². The lowest BCUT2D eigenvalue weighted by molar-refractivity contribution is -0.0814. The molecule has 1 N–H and O–H groups in total. The molecule has 76 valence electrons. The van der Waals surface area contributed by atoms with Crippen molar-refractivity contribution in [2.45, 2.75) is 13.0 Å². The van der Waals surface area contributed by atoms with Gasteiger partial charge in [0.1, 0.15) is 11.9 Å². The van der Waals surface area contributed by atoms with Gasteiger partial charge in [-0.15, -0.1) is 0 Å². The van der Waals surface area contributed by atoms with E-state index < -0.39 is 0 Å². The largest absolute Gasteiger partial charge is 0.468 e. The van der Waals surface area contributed by atoms with Gasteiger partial charge in [-0.1, -0.05) is 0 Å². The van der Waals surface area contributed by atoms with Crippen molar-refractivity contribution in [3.8, 4) is 5.88 Å². The summed E-state index contributed by atoms with van der Waals surface area (Å²) in [6.45, 7) is 4.12. The van der Waals surface area contributed by atoms with Crippen LogP contribution in [0.25, 0.3) is 0 Å². The normalized spacial score (nSPS) is 16.1. The van der Waals surface area contributed by atoms with Crippen LogP contribution in [-0.2, 0) is 4.74 Å². The molecule has 0 atom stereocenters. The van der Waals surface area contributed by atoms with E-state index in [0.717, 1.165) is 12.4 Å². The van der Waals surface area contributed by atoms with Crippen molar-refractivity contribution in [2.75, 3.05) is 25.1 Å². The standard InChI is InChI=1S/C9H13N3O2/c1-2-11-8-3-10-4-9(12-8)14-7-5-13-6-7/h3-4,7H,2,5-6H2,1H3,(H,11,12). The molecule has 5 nitrogen and oxygen atoms in total. The number of hydrogen-bond donors (Lipinski definition) is 1. The monoisotopic (exact) mass is 195 g/mol. The summed E-state index contributed by atoms with van der Waals surface area (Å²) < 4.78 is 10.5. The summed E-state index contributed by atoms with van der Waals surface area (Å²) >= 11 is 0. The molecular formula is C9H13N3O2. The molecule has 2 rings (SSSR count). The van der Waals surface area contributed by atoms with E-state index in [-0.39, 0.29) is 6.10 Å². The summed E-state index contributed by atoms with van der Waals surface area (Å²) in [7, 11) is 0. The molecule has 1 aromatic heterocycles. The van der Waals surface area contributed by atoms with E-state index in [0.29, 0.717) is 19.1 Å². The van der Waals surface area contributed by atoms with Gasteiger partial charge in [0, 0.05) is 6.54 Å². The van der Waals surface area contributed by atoms with Gasteiger partial charge in [-0.2, -0.15) is 4.98 Å². The molecule has 0 aromatic carbocycles. The fourth-order valence-corrected chi connectivity index (χ4v) is 1.12. The van der Waals surface area contributed by atoms with E-state index in [4.69, 9.17) is 9.47 Å². The first-order valence-corrected chi connectivity index (χ1v) is 4.69. The van der Waals surface area contributed by atoms with Gasteiger partial charge in [0.15, 0.2) is 0 Å². The predicted molar refractivity (Wildman–Crippen MR) is 51.4 cm³/mol. The van der Waals surface area contributed by atoms with Gasteiger partial charge < -0.3 is 14.8 Å². The third-order valence-electron chi connectivity index (χ3n) is 1.87. The Bertz CT molecular complexity index is 302. The third-order valence-corrected chi connectivity index (χ3v) is 1.87. The van der Waals surface area contributed by atoms with Crippen LogP contribution < -0.4 is 10.1 Å². The van der Waals surface area contributed by atoms with Crippen LogP contribution >= 0.6 is 0 Å². The Balaban J connectivity index is 1.97. The average molecular weight is 195 g/mol. The van der Waals surface area contributed by atoms with E-state index in [9.17, 15) is 0 Å². The summed E-state index contributed by atoms with van der Waals surface area (Å²) in [6.07, 6.45) is 3.42. The van der Waals surface area contributed by atoms with Gasteiger partial charge in [-0.05, 0) is 6.92 Å². The van der Waals surface area contributed by atoms with E-state index >= 15 is 0 Å². The van der Waals surface area contributed by atoms with Crippen molar-refractivity contribution in [3.05, 3.63) is 12.4 Å². The molecule has 0 saturated carbocycles. The van der Waals surface area contributed by atoms with Crippen molar-refractivity contribution in [1.82, 2.24) is 9.97 Å². The Morgan fingerprint density at radius 3 is 3.07 bits per heavy atom.